The van der Waals surface area contributed by atoms with E-state index in [2.05, 4.69) is 4.98 Å². The molecule has 0 radical (unpaired) electrons. The van der Waals surface area contributed by atoms with Crippen molar-refractivity contribution >= 4 is 22.4 Å². The van der Waals surface area contributed by atoms with Crippen LogP contribution in [0.1, 0.15) is 0 Å². The van der Waals surface area contributed by atoms with E-state index in [1.54, 1.807) is 11.9 Å². The van der Waals surface area contributed by atoms with E-state index in [0.29, 0.717) is 0 Å². The van der Waals surface area contributed by atoms with Crippen LogP contribution in [0.25, 0.3) is 11.3 Å². The molecular weight excluding hydrogens is 234 g/mol. The number of nitrogens with zero attached hydrogens (tertiary/aromatic N) is 2. The Morgan fingerprint density at radius 1 is 1.41 bits per heavy atom. The van der Waals surface area contributed by atoms with Crippen molar-refractivity contribution in [2.45, 2.75) is 0 Å². The lowest BCUT2D eigenvalue weighted by atomic mass is 10.2. The molecule has 0 aliphatic heterocycles. The average molecular weight is 247 g/mol. The van der Waals surface area contributed by atoms with Gasteiger partial charge in [-0.25, -0.2) is 4.98 Å². The minimum atomic E-state index is -0.357. The Morgan fingerprint density at radius 3 is 2.76 bits per heavy atom. The van der Waals surface area contributed by atoms with Gasteiger partial charge in [-0.2, -0.15) is 0 Å². The zero-order chi connectivity index (χ0) is 12.3. The number of benzene rings is 1. The predicted octanol–water partition coefficient (Wildman–Crippen LogP) is 1.73. The molecule has 0 saturated heterocycles. The highest BCUT2D eigenvalue weighted by atomic mass is 32.1. The van der Waals surface area contributed by atoms with Gasteiger partial charge in [-0.15, -0.1) is 11.3 Å². The third-order valence-corrected chi connectivity index (χ3v) is 3.24. The molecular formula is C12H13N3OS. The molecule has 0 fully saturated rings. The second-order valence-electron chi connectivity index (χ2n) is 3.70. The number of likely N-dealkylation sites (N-methyl/N-ethyl adjacent to an activating group) is 1. The fourth-order valence-corrected chi connectivity index (χ4v) is 2.28. The summed E-state index contributed by atoms with van der Waals surface area (Å²) in [6, 6.07) is 9.93. The maximum absolute atomic E-state index is 10.8. The van der Waals surface area contributed by atoms with Gasteiger partial charge < -0.3 is 10.6 Å². The number of hydrogen-bond donors (Lipinski definition) is 1. The standard InChI is InChI=1S/C12H13N3OS/c1-15(7-11(13)16)12-14-10(8-17-12)9-5-3-2-4-6-9/h2-6,8H,7H2,1H3,(H2,13,16). The summed E-state index contributed by atoms with van der Waals surface area (Å²) in [5, 5.41) is 2.77. The number of thiazole rings is 1. The summed E-state index contributed by atoms with van der Waals surface area (Å²) < 4.78 is 0. The molecule has 0 spiro atoms. The summed E-state index contributed by atoms with van der Waals surface area (Å²) in [5.41, 5.74) is 7.14. The van der Waals surface area contributed by atoms with Crippen LogP contribution in [0.5, 0.6) is 0 Å². The number of amides is 1. The van der Waals surface area contributed by atoms with Gasteiger partial charge in [-0.1, -0.05) is 30.3 Å². The van der Waals surface area contributed by atoms with Crippen LogP contribution in [0.2, 0.25) is 0 Å². The first kappa shape index (κ1) is 11.6. The van der Waals surface area contributed by atoms with Crippen LogP contribution in [-0.4, -0.2) is 24.5 Å². The average Bonchev–Trinajstić information content (AvgIpc) is 2.78. The molecule has 5 heteroatoms. The summed E-state index contributed by atoms with van der Waals surface area (Å²) in [5.74, 6) is -0.357. The Kier molecular flexibility index (Phi) is 3.39. The van der Waals surface area contributed by atoms with Crippen LogP contribution >= 0.6 is 11.3 Å². The van der Waals surface area contributed by atoms with Crippen molar-refractivity contribution in [1.29, 1.82) is 0 Å². The highest BCUT2D eigenvalue weighted by molar-refractivity contribution is 7.14. The number of anilines is 1. The van der Waals surface area contributed by atoms with Gasteiger partial charge in [-0.3, -0.25) is 4.79 Å². The summed E-state index contributed by atoms with van der Waals surface area (Å²) in [6.07, 6.45) is 0. The molecule has 2 aromatic rings. The van der Waals surface area contributed by atoms with Crippen LogP contribution in [0.3, 0.4) is 0 Å². The summed E-state index contributed by atoms with van der Waals surface area (Å²) in [4.78, 5) is 17.0. The largest absolute Gasteiger partial charge is 0.368 e. The molecule has 1 amide bonds. The van der Waals surface area contributed by atoms with Gasteiger partial charge in [0, 0.05) is 18.0 Å². The molecule has 4 nitrogen and oxygen atoms in total. The molecule has 1 heterocycles. The molecule has 0 bridgehead atoms. The molecule has 2 rings (SSSR count). The third kappa shape index (κ3) is 2.82. The molecule has 1 aromatic carbocycles. The van der Waals surface area contributed by atoms with E-state index in [1.165, 1.54) is 11.3 Å². The van der Waals surface area contributed by atoms with E-state index < -0.39 is 0 Å². The minimum Gasteiger partial charge on any atom is -0.368 e. The summed E-state index contributed by atoms with van der Waals surface area (Å²) in [6.45, 7) is 0.182. The Morgan fingerprint density at radius 2 is 2.12 bits per heavy atom. The van der Waals surface area contributed by atoms with E-state index in [9.17, 15) is 4.79 Å². The molecule has 0 atom stereocenters. The van der Waals surface area contributed by atoms with Crippen molar-refractivity contribution in [3.63, 3.8) is 0 Å². The lowest BCUT2D eigenvalue weighted by Gasteiger charge is -2.12. The molecule has 0 unspecified atom stereocenters. The van der Waals surface area contributed by atoms with E-state index >= 15 is 0 Å². The number of hydrogen-bond acceptors (Lipinski definition) is 4. The normalized spacial score (nSPS) is 10.2. The number of aromatic nitrogens is 1. The van der Waals surface area contributed by atoms with Crippen LogP contribution in [-0.2, 0) is 4.79 Å². The van der Waals surface area contributed by atoms with Crippen molar-refractivity contribution in [3.8, 4) is 11.3 Å². The number of rotatable bonds is 4. The Labute approximate surface area is 104 Å². The minimum absolute atomic E-state index is 0.182. The molecule has 17 heavy (non-hydrogen) atoms. The molecule has 88 valence electrons. The molecule has 0 aliphatic carbocycles. The summed E-state index contributed by atoms with van der Waals surface area (Å²) >= 11 is 1.50. The number of primary amides is 1. The second kappa shape index (κ2) is 4.97. The maximum Gasteiger partial charge on any atom is 0.237 e. The maximum atomic E-state index is 10.8. The van der Waals surface area contributed by atoms with Gasteiger partial charge in [0.25, 0.3) is 0 Å². The Bertz CT molecular complexity index is 509. The highest BCUT2D eigenvalue weighted by Gasteiger charge is 2.09. The van der Waals surface area contributed by atoms with E-state index in [-0.39, 0.29) is 12.5 Å². The van der Waals surface area contributed by atoms with Gasteiger partial charge in [-0.05, 0) is 0 Å². The second-order valence-corrected chi connectivity index (χ2v) is 4.54. The lowest BCUT2D eigenvalue weighted by molar-refractivity contribution is -0.116. The zero-order valence-electron chi connectivity index (χ0n) is 9.46. The van der Waals surface area contributed by atoms with E-state index in [1.807, 2.05) is 35.7 Å². The van der Waals surface area contributed by atoms with Gasteiger partial charge in [0.2, 0.25) is 5.91 Å². The van der Waals surface area contributed by atoms with Crippen molar-refractivity contribution in [2.75, 3.05) is 18.5 Å². The van der Waals surface area contributed by atoms with Crippen molar-refractivity contribution < 1.29 is 4.79 Å². The molecule has 0 aliphatic rings. The monoisotopic (exact) mass is 247 g/mol. The van der Waals surface area contributed by atoms with Crippen LogP contribution in [0, 0.1) is 0 Å². The van der Waals surface area contributed by atoms with Crippen LogP contribution < -0.4 is 10.6 Å². The summed E-state index contributed by atoms with van der Waals surface area (Å²) in [7, 11) is 1.80. The smallest absolute Gasteiger partial charge is 0.237 e. The quantitative estimate of drug-likeness (QED) is 0.895. The van der Waals surface area contributed by atoms with Crippen LogP contribution in [0.4, 0.5) is 5.13 Å². The highest BCUT2D eigenvalue weighted by Crippen LogP contribution is 2.26. The van der Waals surface area contributed by atoms with Crippen LogP contribution in [0.15, 0.2) is 35.7 Å². The molecule has 2 N–H and O–H groups in total. The van der Waals surface area contributed by atoms with Crippen molar-refractivity contribution in [3.05, 3.63) is 35.7 Å². The first-order valence-corrected chi connectivity index (χ1v) is 6.05. The fourth-order valence-electron chi connectivity index (χ4n) is 1.48. The van der Waals surface area contributed by atoms with E-state index in [0.717, 1.165) is 16.4 Å². The zero-order valence-corrected chi connectivity index (χ0v) is 10.3. The van der Waals surface area contributed by atoms with Crippen molar-refractivity contribution in [2.24, 2.45) is 5.73 Å². The number of nitrogens with two attached hydrogens (primary N) is 1. The first-order chi connectivity index (χ1) is 8.16. The molecule has 0 saturated carbocycles. The topological polar surface area (TPSA) is 59.2 Å². The first-order valence-electron chi connectivity index (χ1n) is 5.17. The Hall–Kier alpha value is -1.88. The third-order valence-electron chi connectivity index (χ3n) is 2.28. The van der Waals surface area contributed by atoms with Gasteiger partial charge in [0.15, 0.2) is 5.13 Å². The van der Waals surface area contributed by atoms with Gasteiger partial charge in [0.05, 0.1) is 12.2 Å². The SMILES string of the molecule is CN(CC(N)=O)c1nc(-c2ccccc2)cs1. The van der Waals surface area contributed by atoms with E-state index in [4.69, 9.17) is 5.73 Å². The van der Waals surface area contributed by atoms with Gasteiger partial charge >= 0.3 is 0 Å². The van der Waals surface area contributed by atoms with Gasteiger partial charge in [0.1, 0.15) is 0 Å². The van der Waals surface area contributed by atoms with Crippen molar-refractivity contribution in [1.82, 2.24) is 4.98 Å². The lowest BCUT2D eigenvalue weighted by Crippen LogP contribution is -2.30. The predicted molar refractivity (Wildman–Crippen MR) is 70.0 cm³/mol. The number of carbonyl (C=O) groups is 1. The molecule has 1 aromatic heterocycles. The number of carbonyl (C=O) groups excluding carboxylic acids is 1. The fraction of sp³-hybridized carbons (Fsp3) is 0.167. The Balaban J connectivity index is 2.19.